The van der Waals surface area contributed by atoms with Crippen molar-refractivity contribution in [2.75, 3.05) is 13.2 Å². The highest BCUT2D eigenvalue weighted by Crippen LogP contribution is 2.35. The maximum Gasteiger partial charge on any atom is 0.266 e. The van der Waals surface area contributed by atoms with Gasteiger partial charge in [-0.15, -0.1) is 0 Å². The largest absolute Gasteiger partial charge is 0.494 e. The van der Waals surface area contributed by atoms with Crippen molar-refractivity contribution in [1.82, 2.24) is 4.90 Å². The first kappa shape index (κ1) is 21.5. The minimum absolute atomic E-state index is 0.0986. The number of nitriles is 1. The van der Waals surface area contributed by atoms with E-state index in [1.165, 1.54) is 11.8 Å². The molecular weight excluding hydrogens is 422 g/mol. The molecule has 4 rings (SSSR count). The molecule has 0 aliphatic carbocycles. The average molecular weight is 444 g/mol. The van der Waals surface area contributed by atoms with Gasteiger partial charge in [0.25, 0.3) is 5.91 Å². The first-order valence-electron chi connectivity index (χ1n) is 10.2. The van der Waals surface area contributed by atoms with Gasteiger partial charge < -0.3 is 9.15 Å². The highest BCUT2D eigenvalue weighted by atomic mass is 32.2. The van der Waals surface area contributed by atoms with Crippen LogP contribution in [0.2, 0.25) is 0 Å². The number of thioether (sulfide) groups is 1. The fraction of sp³-hybridized carbons (Fsp3) is 0.160. The number of amides is 1. The van der Waals surface area contributed by atoms with E-state index in [0.29, 0.717) is 40.3 Å². The summed E-state index contributed by atoms with van der Waals surface area (Å²) in [5, 5.41) is 9.57. The summed E-state index contributed by atoms with van der Waals surface area (Å²) >= 11 is 1.33. The van der Waals surface area contributed by atoms with Crippen molar-refractivity contribution >= 4 is 34.6 Å². The first-order chi connectivity index (χ1) is 15.6. The molecule has 7 heteroatoms. The molecule has 0 atom stereocenters. The zero-order valence-corrected chi connectivity index (χ0v) is 18.6. The van der Waals surface area contributed by atoms with Crippen LogP contribution >= 0.6 is 11.8 Å². The van der Waals surface area contributed by atoms with Crippen molar-refractivity contribution in [3.8, 4) is 23.1 Å². The standard InChI is InChI=1S/C25H21N3O3S/c1-3-28-24(29)23(32-25(28)27-19-9-11-20(12-10-19)30-4-2)15-21-13-14-22(31-21)18-7-5-17(16-26)6-8-18/h5-15H,3-4H2,1-2H3/b23-15-,27-25?. The van der Waals surface area contributed by atoms with Crippen LogP contribution in [-0.4, -0.2) is 29.1 Å². The first-order valence-corrected chi connectivity index (χ1v) is 11.1. The number of amidine groups is 1. The van der Waals surface area contributed by atoms with E-state index in [4.69, 9.17) is 14.4 Å². The number of carbonyl (C=O) groups excluding carboxylic acids is 1. The number of hydrogen-bond acceptors (Lipinski definition) is 6. The highest BCUT2D eigenvalue weighted by molar-refractivity contribution is 8.18. The van der Waals surface area contributed by atoms with Gasteiger partial charge in [0.2, 0.25) is 0 Å². The zero-order valence-electron chi connectivity index (χ0n) is 17.7. The molecule has 0 bridgehead atoms. The van der Waals surface area contributed by atoms with Gasteiger partial charge in [0.15, 0.2) is 5.17 Å². The molecule has 1 aliphatic heterocycles. The van der Waals surface area contributed by atoms with Crippen molar-refractivity contribution in [1.29, 1.82) is 5.26 Å². The molecule has 160 valence electrons. The van der Waals surface area contributed by atoms with E-state index >= 15 is 0 Å². The minimum atomic E-state index is -0.0986. The van der Waals surface area contributed by atoms with Crippen LogP contribution in [0.5, 0.6) is 5.75 Å². The summed E-state index contributed by atoms with van der Waals surface area (Å²) in [5.41, 5.74) is 2.21. The van der Waals surface area contributed by atoms with Gasteiger partial charge in [0, 0.05) is 18.2 Å². The van der Waals surface area contributed by atoms with Crippen LogP contribution in [0.1, 0.15) is 25.2 Å². The average Bonchev–Trinajstić information content (AvgIpc) is 3.40. The van der Waals surface area contributed by atoms with Gasteiger partial charge >= 0.3 is 0 Å². The van der Waals surface area contributed by atoms with E-state index in [0.717, 1.165) is 17.0 Å². The Hall–Kier alpha value is -3.76. The molecule has 1 amide bonds. The third kappa shape index (κ3) is 4.61. The number of carbonyl (C=O) groups is 1. The molecule has 32 heavy (non-hydrogen) atoms. The lowest BCUT2D eigenvalue weighted by Crippen LogP contribution is -2.28. The summed E-state index contributed by atoms with van der Waals surface area (Å²) in [5.74, 6) is 1.94. The maximum atomic E-state index is 12.9. The third-order valence-electron chi connectivity index (χ3n) is 4.78. The summed E-state index contributed by atoms with van der Waals surface area (Å²) in [6.45, 7) is 4.99. The summed E-state index contributed by atoms with van der Waals surface area (Å²) in [6, 6.07) is 20.4. The van der Waals surface area contributed by atoms with Crippen molar-refractivity contribution in [2.45, 2.75) is 13.8 Å². The minimum Gasteiger partial charge on any atom is -0.494 e. The Morgan fingerprint density at radius 3 is 2.50 bits per heavy atom. The number of aliphatic imine (C=N–C) groups is 1. The Bertz CT molecular complexity index is 1220. The van der Waals surface area contributed by atoms with Gasteiger partial charge in [-0.1, -0.05) is 0 Å². The van der Waals surface area contributed by atoms with E-state index in [1.54, 1.807) is 23.1 Å². The molecule has 3 aromatic rings. The van der Waals surface area contributed by atoms with Crippen LogP contribution in [0.25, 0.3) is 17.4 Å². The number of hydrogen-bond donors (Lipinski definition) is 0. The van der Waals surface area contributed by atoms with Crippen molar-refractivity contribution < 1.29 is 13.9 Å². The van der Waals surface area contributed by atoms with Gasteiger partial charge in [-0.3, -0.25) is 9.69 Å². The predicted octanol–water partition coefficient (Wildman–Crippen LogP) is 5.84. The molecule has 0 unspecified atom stereocenters. The molecule has 0 saturated carbocycles. The van der Waals surface area contributed by atoms with E-state index in [9.17, 15) is 4.79 Å². The van der Waals surface area contributed by atoms with Crippen LogP contribution in [0.4, 0.5) is 5.69 Å². The number of benzene rings is 2. The molecule has 1 aliphatic rings. The van der Waals surface area contributed by atoms with Gasteiger partial charge in [-0.25, -0.2) is 4.99 Å². The Kier molecular flexibility index (Phi) is 6.43. The lowest BCUT2D eigenvalue weighted by atomic mass is 10.1. The monoisotopic (exact) mass is 443 g/mol. The Morgan fingerprint density at radius 1 is 1.09 bits per heavy atom. The second kappa shape index (κ2) is 9.58. The van der Waals surface area contributed by atoms with Crippen LogP contribution in [0, 0.1) is 11.3 Å². The topological polar surface area (TPSA) is 78.8 Å². The van der Waals surface area contributed by atoms with Crippen LogP contribution in [-0.2, 0) is 4.79 Å². The molecule has 0 radical (unpaired) electrons. The molecule has 0 spiro atoms. The normalized spacial score (nSPS) is 16.0. The summed E-state index contributed by atoms with van der Waals surface area (Å²) in [4.78, 5) is 19.7. The van der Waals surface area contributed by atoms with E-state index in [2.05, 4.69) is 11.1 Å². The molecule has 1 aromatic heterocycles. The van der Waals surface area contributed by atoms with Gasteiger partial charge in [-0.05, 0) is 86.3 Å². The molecule has 1 saturated heterocycles. The van der Waals surface area contributed by atoms with Crippen LogP contribution < -0.4 is 4.74 Å². The molecular formula is C25H21N3O3S. The fourth-order valence-corrected chi connectivity index (χ4v) is 4.23. The lowest BCUT2D eigenvalue weighted by molar-refractivity contribution is -0.122. The predicted molar refractivity (Wildman–Crippen MR) is 127 cm³/mol. The smallest absolute Gasteiger partial charge is 0.266 e. The molecule has 1 fully saturated rings. The van der Waals surface area contributed by atoms with E-state index in [-0.39, 0.29) is 5.91 Å². The zero-order chi connectivity index (χ0) is 22.5. The van der Waals surface area contributed by atoms with E-state index in [1.807, 2.05) is 62.4 Å². The van der Waals surface area contributed by atoms with Gasteiger partial charge in [0.1, 0.15) is 17.3 Å². The molecule has 2 aromatic carbocycles. The Morgan fingerprint density at radius 2 is 1.84 bits per heavy atom. The highest BCUT2D eigenvalue weighted by Gasteiger charge is 2.32. The molecule has 2 heterocycles. The summed E-state index contributed by atoms with van der Waals surface area (Å²) < 4.78 is 11.4. The number of rotatable bonds is 6. The number of nitrogens with zero attached hydrogens (tertiary/aromatic N) is 3. The maximum absolute atomic E-state index is 12.9. The van der Waals surface area contributed by atoms with Crippen LogP contribution in [0.3, 0.4) is 0 Å². The lowest BCUT2D eigenvalue weighted by Gasteiger charge is -2.12. The van der Waals surface area contributed by atoms with Crippen molar-refractivity contribution in [3.05, 3.63) is 76.9 Å². The fourth-order valence-electron chi connectivity index (χ4n) is 3.19. The number of furan rings is 1. The van der Waals surface area contributed by atoms with Gasteiger partial charge in [-0.2, -0.15) is 5.26 Å². The quantitative estimate of drug-likeness (QED) is 0.447. The summed E-state index contributed by atoms with van der Waals surface area (Å²) in [6.07, 6.45) is 1.74. The SMILES string of the molecule is CCOc1ccc(N=C2S/C(=C\c3ccc(-c4ccc(C#N)cc4)o3)C(=O)N2CC)cc1. The van der Waals surface area contributed by atoms with Crippen molar-refractivity contribution in [3.63, 3.8) is 0 Å². The Balaban J connectivity index is 1.56. The molecule has 6 nitrogen and oxygen atoms in total. The second-order valence-corrected chi connectivity index (χ2v) is 7.88. The summed E-state index contributed by atoms with van der Waals surface area (Å²) in [7, 11) is 0. The van der Waals surface area contributed by atoms with Crippen LogP contribution in [0.15, 0.2) is 75.0 Å². The Labute approximate surface area is 190 Å². The number of likely N-dealkylation sites (N-methyl/N-ethyl adjacent to an activating group) is 1. The van der Waals surface area contributed by atoms with E-state index < -0.39 is 0 Å². The second-order valence-electron chi connectivity index (χ2n) is 6.87. The third-order valence-corrected chi connectivity index (χ3v) is 5.78. The van der Waals surface area contributed by atoms with Gasteiger partial charge in [0.05, 0.1) is 28.8 Å². The molecule has 0 N–H and O–H groups in total. The number of ether oxygens (including phenoxy) is 1. The van der Waals surface area contributed by atoms with Crippen molar-refractivity contribution in [2.24, 2.45) is 4.99 Å².